The molecule has 4 unspecified atom stereocenters. The van der Waals surface area contributed by atoms with Crippen LogP contribution in [0.3, 0.4) is 0 Å². The molecule has 14 nitrogen and oxygen atoms in total. The SMILES string of the molecule is CC/C=C\C/C=C\CC(O)/C=C/C=C\C/C=C\C/C=C\CCC(=O)OC[C@H](COP(=O)(O)OC1[C@H](O)[C@H](O)C(O)[C@H](O)[C@H]1O)OC(=O)CCCCCCCCC/C=C\CCCCCCCC. The third-order valence-corrected chi connectivity index (χ3v) is 11.8. The van der Waals surface area contributed by atoms with Crippen LogP contribution in [0, 0.1) is 0 Å². The summed E-state index contributed by atoms with van der Waals surface area (Å²) in [5.74, 6) is -1.24. The summed E-state index contributed by atoms with van der Waals surface area (Å²) >= 11 is 0. The van der Waals surface area contributed by atoms with Crippen molar-refractivity contribution in [2.24, 2.45) is 0 Å². The average molecular weight is 953 g/mol. The quantitative estimate of drug-likeness (QED) is 0.0100. The Kier molecular flexibility index (Phi) is 36.9. The molecular formula is C51H85O14P. The van der Waals surface area contributed by atoms with E-state index in [1.165, 1.54) is 38.5 Å². The molecule has 0 aromatic heterocycles. The Balaban J connectivity index is 2.52. The number of ether oxygens (including phenoxy) is 2. The van der Waals surface area contributed by atoms with E-state index in [1.54, 1.807) is 6.08 Å². The molecule has 1 saturated carbocycles. The van der Waals surface area contributed by atoms with Crippen LogP contribution in [0.25, 0.3) is 0 Å². The van der Waals surface area contributed by atoms with Crippen LogP contribution in [0.5, 0.6) is 0 Å². The number of unbranched alkanes of at least 4 members (excludes halogenated alkanes) is 13. The van der Waals surface area contributed by atoms with E-state index in [4.69, 9.17) is 18.5 Å². The summed E-state index contributed by atoms with van der Waals surface area (Å²) in [5, 5.41) is 60.2. The van der Waals surface area contributed by atoms with E-state index in [2.05, 4.69) is 38.2 Å². The van der Waals surface area contributed by atoms with Gasteiger partial charge in [0.1, 0.15) is 43.2 Å². The molecule has 9 atom stereocenters. The highest BCUT2D eigenvalue weighted by atomic mass is 31.2. The van der Waals surface area contributed by atoms with Gasteiger partial charge in [0.25, 0.3) is 0 Å². The number of aliphatic hydroxyl groups is 6. The Morgan fingerprint density at radius 1 is 0.561 bits per heavy atom. The van der Waals surface area contributed by atoms with Gasteiger partial charge in [-0.3, -0.25) is 18.6 Å². The van der Waals surface area contributed by atoms with Gasteiger partial charge in [0.15, 0.2) is 6.10 Å². The van der Waals surface area contributed by atoms with Crippen LogP contribution in [0.1, 0.15) is 162 Å². The Labute approximate surface area is 395 Å². The molecule has 1 aliphatic rings. The fourth-order valence-electron chi connectivity index (χ4n) is 6.86. The van der Waals surface area contributed by atoms with Gasteiger partial charge < -0.3 is 45.0 Å². The molecule has 0 spiro atoms. The number of hydrogen-bond donors (Lipinski definition) is 7. The van der Waals surface area contributed by atoms with Gasteiger partial charge >= 0.3 is 19.8 Å². The van der Waals surface area contributed by atoms with Crippen LogP contribution in [-0.2, 0) is 32.7 Å². The number of aliphatic hydroxyl groups excluding tert-OH is 6. The first-order valence-corrected chi connectivity index (χ1v) is 26.0. The van der Waals surface area contributed by atoms with Gasteiger partial charge in [-0.25, -0.2) is 4.57 Å². The Bertz CT molecular complexity index is 1490. The number of phosphoric ester groups is 1. The van der Waals surface area contributed by atoms with Crippen molar-refractivity contribution in [2.45, 2.75) is 210 Å². The molecule has 15 heteroatoms. The Morgan fingerprint density at radius 3 is 1.70 bits per heavy atom. The van der Waals surface area contributed by atoms with E-state index >= 15 is 0 Å². The molecule has 66 heavy (non-hydrogen) atoms. The summed E-state index contributed by atoms with van der Waals surface area (Å²) in [5.41, 5.74) is 0. The predicted octanol–water partition coefficient (Wildman–Crippen LogP) is 9.03. The fourth-order valence-corrected chi connectivity index (χ4v) is 7.83. The van der Waals surface area contributed by atoms with Gasteiger partial charge in [0.2, 0.25) is 0 Å². The average Bonchev–Trinajstić information content (AvgIpc) is 3.29. The zero-order valence-corrected chi connectivity index (χ0v) is 40.7. The van der Waals surface area contributed by atoms with Crippen LogP contribution in [0.2, 0.25) is 0 Å². The van der Waals surface area contributed by atoms with Gasteiger partial charge in [-0.2, -0.15) is 0 Å². The van der Waals surface area contributed by atoms with Crippen LogP contribution in [-0.4, -0.2) is 110 Å². The number of carbonyl (C=O) groups excluding carboxylic acids is 2. The summed E-state index contributed by atoms with van der Waals surface area (Å²) < 4.78 is 33.5. The number of carbonyl (C=O) groups is 2. The first-order valence-electron chi connectivity index (χ1n) is 24.5. The summed E-state index contributed by atoms with van der Waals surface area (Å²) in [7, 11) is -5.15. The largest absolute Gasteiger partial charge is 0.472 e. The molecule has 378 valence electrons. The van der Waals surface area contributed by atoms with E-state index in [0.29, 0.717) is 25.7 Å². The summed E-state index contributed by atoms with van der Waals surface area (Å²) in [6.45, 7) is 3.05. The number of phosphoric acid groups is 1. The Morgan fingerprint density at radius 2 is 1.08 bits per heavy atom. The van der Waals surface area contributed by atoms with Crippen LogP contribution >= 0.6 is 7.82 Å². The maximum atomic E-state index is 12.8. The highest BCUT2D eigenvalue weighted by molar-refractivity contribution is 7.47. The molecule has 1 rings (SSSR count). The van der Waals surface area contributed by atoms with Gasteiger partial charge in [0.05, 0.1) is 12.7 Å². The third kappa shape index (κ3) is 31.9. The molecule has 0 aromatic rings. The molecule has 1 fully saturated rings. The number of esters is 2. The van der Waals surface area contributed by atoms with E-state index in [-0.39, 0.29) is 12.8 Å². The van der Waals surface area contributed by atoms with Gasteiger partial charge in [-0.1, -0.05) is 163 Å². The topological polar surface area (TPSA) is 230 Å². The first-order chi connectivity index (χ1) is 31.8. The molecule has 0 bridgehead atoms. The monoisotopic (exact) mass is 953 g/mol. The van der Waals surface area contributed by atoms with E-state index < -0.39 is 81.8 Å². The summed E-state index contributed by atoms with van der Waals surface area (Å²) in [6, 6.07) is 0. The molecule has 0 saturated heterocycles. The summed E-state index contributed by atoms with van der Waals surface area (Å²) in [6.07, 6.45) is 35.2. The molecule has 0 aromatic carbocycles. The number of hydrogen-bond acceptors (Lipinski definition) is 13. The standard InChI is InChI=1S/C51H85O14P/c1-3-5-7-9-11-12-13-14-15-16-17-18-19-24-27-31-35-39-45(54)64-43(41-63-66(60,61)65-51-49(58)47(56)46(55)48(57)50(51)59)40-62-44(53)38-34-30-26-23-21-20-22-25-29-33-37-42(52)36-32-28-10-8-6-4-2/h6,8,14-15,20-21,25-26,28-30,32-33,37,42-43,46-52,55-59H,3-5,7,9-13,16-19,22-24,27,31,34-36,38-41H2,1-2H3,(H,60,61)/b8-6-,15-14-,21-20-,29-25-,30-26-,32-28-,37-33+/t42?,43-,46?,47-,48+,49-,50-,51?/m1/s1. The maximum Gasteiger partial charge on any atom is 0.472 e. The van der Waals surface area contributed by atoms with Crippen molar-refractivity contribution >= 4 is 19.8 Å². The van der Waals surface area contributed by atoms with Gasteiger partial charge in [-0.15, -0.1) is 0 Å². The minimum atomic E-state index is -5.15. The van der Waals surface area contributed by atoms with E-state index in [1.807, 2.05) is 54.7 Å². The van der Waals surface area contributed by atoms with Crippen LogP contribution in [0.4, 0.5) is 0 Å². The lowest BCUT2D eigenvalue weighted by atomic mass is 9.85. The van der Waals surface area contributed by atoms with Crippen molar-refractivity contribution < 1.29 is 68.2 Å². The molecule has 1 aliphatic carbocycles. The van der Waals surface area contributed by atoms with Crippen molar-refractivity contribution in [3.63, 3.8) is 0 Å². The third-order valence-electron chi connectivity index (χ3n) is 10.8. The second-order valence-electron chi connectivity index (χ2n) is 16.8. The lowest BCUT2D eigenvalue weighted by Gasteiger charge is -2.41. The van der Waals surface area contributed by atoms with Crippen molar-refractivity contribution in [3.8, 4) is 0 Å². The minimum absolute atomic E-state index is 0.0138. The van der Waals surface area contributed by atoms with E-state index in [0.717, 1.165) is 70.6 Å². The molecule has 0 aliphatic heterocycles. The predicted molar refractivity (Wildman–Crippen MR) is 259 cm³/mol. The lowest BCUT2D eigenvalue weighted by Crippen LogP contribution is -2.64. The molecule has 0 heterocycles. The molecule has 7 N–H and O–H groups in total. The normalized spacial score (nSPS) is 22.5. The molecule has 0 radical (unpaired) electrons. The van der Waals surface area contributed by atoms with Crippen LogP contribution < -0.4 is 0 Å². The zero-order valence-electron chi connectivity index (χ0n) is 39.8. The van der Waals surface area contributed by atoms with Crippen LogP contribution in [0.15, 0.2) is 85.1 Å². The van der Waals surface area contributed by atoms with Crippen molar-refractivity contribution in [1.82, 2.24) is 0 Å². The minimum Gasteiger partial charge on any atom is -0.462 e. The second-order valence-corrected chi connectivity index (χ2v) is 18.2. The van der Waals surface area contributed by atoms with Gasteiger partial charge in [0, 0.05) is 12.8 Å². The van der Waals surface area contributed by atoms with Gasteiger partial charge in [-0.05, 0) is 70.6 Å². The fraction of sp³-hybridized carbons (Fsp3) is 0.686. The summed E-state index contributed by atoms with van der Waals surface area (Å²) in [4.78, 5) is 35.7. The molecular weight excluding hydrogens is 868 g/mol. The highest BCUT2D eigenvalue weighted by Crippen LogP contribution is 2.47. The van der Waals surface area contributed by atoms with E-state index in [9.17, 15) is 49.7 Å². The highest BCUT2D eigenvalue weighted by Gasteiger charge is 2.51. The number of rotatable bonds is 39. The zero-order chi connectivity index (χ0) is 48.7. The second kappa shape index (κ2) is 39.9. The lowest BCUT2D eigenvalue weighted by molar-refractivity contribution is -0.220. The molecule has 0 amide bonds. The van der Waals surface area contributed by atoms with Crippen molar-refractivity contribution in [3.05, 3.63) is 85.1 Å². The Hall–Kier alpha value is -3.01. The number of allylic oxidation sites excluding steroid dienone is 12. The van der Waals surface area contributed by atoms with Crippen molar-refractivity contribution in [2.75, 3.05) is 13.2 Å². The smallest absolute Gasteiger partial charge is 0.462 e. The first kappa shape index (κ1) is 61.0. The van der Waals surface area contributed by atoms with Crippen molar-refractivity contribution in [1.29, 1.82) is 0 Å². The maximum absolute atomic E-state index is 12.8.